The van der Waals surface area contributed by atoms with Gasteiger partial charge in [0.15, 0.2) is 5.78 Å². The van der Waals surface area contributed by atoms with E-state index >= 15 is 0 Å². The van der Waals surface area contributed by atoms with Crippen molar-refractivity contribution in [2.24, 2.45) is 0 Å². The first-order chi connectivity index (χ1) is 10.6. The van der Waals surface area contributed by atoms with E-state index < -0.39 is 11.6 Å². The average molecular weight is 293 g/mol. The predicted molar refractivity (Wildman–Crippen MR) is 83.2 cm³/mol. The summed E-state index contributed by atoms with van der Waals surface area (Å²) in [5.74, 6) is -1.25. The molecule has 0 aliphatic carbocycles. The van der Waals surface area contributed by atoms with Gasteiger partial charge in [0.1, 0.15) is 11.6 Å². The minimum atomic E-state index is -0.562. The normalized spacial score (nSPS) is 11.1. The number of hydrogen-bond acceptors (Lipinski definition) is 3. The van der Waals surface area contributed by atoms with E-state index in [2.05, 4.69) is 4.98 Å². The lowest BCUT2D eigenvalue weighted by Gasteiger charge is -2.01. The van der Waals surface area contributed by atoms with Gasteiger partial charge in [-0.3, -0.25) is 9.78 Å². The van der Waals surface area contributed by atoms with Gasteiger partial charge in [-0.25, -0.2) is 4.39 Å². The zero-order valence-electron chi connectivity index (χ0n) is 11.5. The van der Waals surface area contributed by atoms with Crippen LogP contribution in [0, 0.1) is 5.82 Å². The van der Waals surface area contributed by atoms with Crippen molar-refractivity contribution >= 4 is 22.6 Å². The van der Waals surface area contributed by atoms with Crippen molar-refractivity contribution in [3.05, 3.63) is 77.9 Å². The van der Waals surface area contributed by atoms with Gasteiger partial charge in [0.2, 0.25) is 0 Å². The molecule has 0 aliphatic heterocycles. The van der Waals surface area contributed by atoms with Gasteiger partial charge in [-0.2, -0.15) is 0 Å². The molecule has 0 fully saturated rings. The molecule has 0 unspecified atom stereocenters. The molecule has 108 valence electrons. The SMILES string of the molecule is O=C(/C=C/c1ccc2cnccc2c1)c1cc(F)ccc1O. The maximum absolute atomic E-state index is 13.2. The highest BCUT2D eigenvalue weighted by Crippen LogP contribution is 2.20. The second kappa shape index (κ2) is 5.77. The van der Waals surface area contributed by atoms with Gasteiger partial charge in [0, 0.05) is 17.8 Å². The minimum Gasteiger partial charge on any atom is -0.507 e. The van der Waals surface area contributed by atoms with E-state index in [1.165, 1.54) is 12.1 Å². The highest BCUT2D eigenvalue weighted by molar-refractivity contribution is 6.08. The fourth-order valence-electron chi connectivity index (χ4n) is 2.17. The summed E-state index contributed by atoms with van der Waals surface area (Å²) in [6, 6.07) is 10.9. The number of fused-ring (bicyclic) bond motifs is 1. The molecule has 4 heteroatoms. The fourth-order valence-corrected chi connectivity index (χ4v) is 2.17. The van der Waals surface area contributed by atoms with Crippen LogP contribution in [0.5, 0.6) is 5.75 Å². The molecule has 1 heterocycles. The third kappa shape index (κ3) is 2.86. The van der Waals surface area contributed by atoms with Crippen LogP contribution in [0.2, 0.25) is 0 Å². The zero-order chi connectivity index (χ0) is 15.5. The number of ketones is 1. The van der Waals surface area contributed by atoms with Crippen LogP contribution in [-0.4, -0.2) is 15.9 Å². The Morgan fingerprint density at radius 3 is 2.82 bits per heavy atom. The van der Waals surface area contributed by atoms with Gasteiger partial charge in [-0.15, -0.1) is 0 Å². The molecule has 3 nitrogen and oxygen atoms in total. The number of rotatable bonds is 3. The summed E-state index contributed by atoms with van der Waals surface area (Å²) < 4.78 is 13.2. The van der Waals surface area contributed by atoms with Crippen LogP contribution in [0.4, 0.5) is 4.39 Å². The number of carbonyl (C=O) groups is 1. The third-order valence-electron chi connectivity index (χ3n) is 3.32. The summed E-state index contributed by atoms with van der Waals surface area (Å²) in [6.07, 6.45) is 6.41. The summed E-state index contributed by atoms with van der Waals surface area (Å²) in [5, 5.41) is 11.6. The number of phenolic OH excluding ortho intramolecular Hbond substituents is 1. The van der Waals surface area contributed by atoms with Crippen molar-refractivity contribution in [1.29, 1.82) is 0 Å². The third-order valence-corrected chi connectivity index (χ3v) is 3.32. The van der Waals surface area contributed by atoms with Crippen molar-refractivity contribution in [2.45, 2.75) is 0 Å². The number of aromatic nitrogens is 1. The molecule has 0 aliphatic rings. The van der Waals surface area contributed by atoms with Crippen LogP contribution in [-0.2, 0) is 0 Å². The molecule has 2 aromatic carbocycles. The molecule has 0 amide bonds. The van der Waals surface area contributed by atoms with Crippen molar-refractivity contribution in [3.63, 3.8) is 0 Å². The van der Waals surface area contributed by atoms with Gasteiger partial charge in [0.05, 0.1) is 5.56 Å². The number of allylic oxidation sites excluding steroid dienone is 1. The number of hydrogen-bond donors (Lipinski definition) is 1. The van der Waals surface area contributed by atoms with Crippen molar-refractivity contribution in [1.82, 2.24) is 4.98 Å². The van der Waals surface area contributed by atoms with Gasteiger partial charge < -0.3 is 5.11 Å². The van der Waals surface area contributed by atoms with Crippen LogP contribution in [0.1, 0.15) is 15.9 Å². The van der Waals surface area contributed by atoms with Gasteiger partial charge in [-0.05, 0) is 47.4 Å². The molecule has 1 aromatic heterocycles. The lowest BCUT2D eigenvalue weighted by atomic mass is 10.1. The van der Waals surface area contributed by atoms with E-state index in [0.717, 1.165) is 28.5 Å². The first-order valence-corrected chi connectivity index (χ1v) is 6.68. The second-order valence-electron chi connectivity index (χ2n) is 4.84. The first-order valence-electron chi connectivity index (χ1n) is 6.68. The number of nitrogens with zero attached hydrogens (tertiary/aromatic N) is 1. The van der Waals surface area contributed by atoms with Crippen LogP contribution in [0.15, 0.2) is 60.9 Å². The van der Waals surface area contributed by atoms with Crippen LogP contribution >= 0.6 is 0 Å². The van der Waals surface area contributed by atoms with Crippen LogP contribution in [0.3, 0.4) is 0 Å². The Hall–Kier alpha value is -3.01. The molecule has 0 bridgehead atoms. The molecule has 3 aromatic rings. The summed E-state index contributed by atoms with van der Waals surface area (Å²) >= 11 is 0. The largest absolute Gasteiger partial charge is 0.507 e. The van der Waals surface area contributed by atoms with E-state index in [0.29, 0.717) is 0 Å². The highest BCUT2D eigenvalue weighted by Gasteiger charge is 2.09. The molecular formula is C18H12FNO2. The van der Waals surface area contributed by atoms with Crippen LogP contribution in [0.25, 0.3) is 16.8 Å². The van der Waals surface area contributed by atoms with E-state index in [-0.39, 0.29) is 11.3 Å². The van der Waals surface area contributed by atoms with Crippen LogP contribution < -0.4 is 0 Å². The van der Waals surface area contributed by atoms with Crippen molar-refractivity contribution < 1.29 is 14.3 Å². The predicted octanol–water partition coefficient (Wildman–Crippen LogP) is 3.98. The fraction of sp³-hybridized carbons (Fsp3) is 0. The quantitative estimate of drug-likeness (QED) is 0.587. The topological polar surface area (TPSA) is 50.2 Å². The maximum Gasteiger partial charge on any atom is 0.189 e. The van der Waals surface area contributed by atoms with E-state index in [1.54, 1.807) is 18.5 Å². The zero-order valence-corrected chi connectivity index (χ0v) is 11.5. The lowest BCUT2D eigenvalue weighted by Crippen LogP contribution is -1.95. The molecule has 22 heavy (non-hydrogen) atoms. The van der Waals surface area contributed by atoms with E-state index in [4.69, 9.17) is 0 Å². The average Bonchev–Trinajstić information content (AvgIpc) is 2.54. The number of benzene rings is 2. The molecule has 1 N–H and O–H groups in total. The molecule has 0 saturated heterocycles. The molecule has 0 atom stereocenters. The molecular weight excluding hydrogens is 281 g/mol. The molecule has 0 radical (unpaired) electrons. The monoisotopic (exact) mass is 293 g/mol. The Bertz CT molecular complexity index is 887. The first kappa shape index (κ1) is 13.9. The molecule has 3 rings (SSSR count). The smallest absolute Gasteiger partial charge is 0.189 e. The number of halogens is 1. The van der Waals surface area contributed by atoms with Gasteiger partial charge in [0.25, 0.3) is 0 Å². The van der Waals surface area contributed by atoms with Gasteiger partial charge >= 0.3 is 0 Å². The molecule has 0 saturated carbocycles. The van der Waals surface area contributed by atoms with E-state index in [1.807, 2.05) is 24.3 Å². The summed E-state index contributed by atoms with van der Waals surface area (Å²) in [4.78, 5) is 16.1. The lowest BCUT2D eigenvalue weighted by molar-refractivity contribution is 0.104. The number of phenols is 1. The Labute approximate surface area is 126 Å². The summed E-state index contributed by atoms with van der Waals surface area (Å²) in [7, 11) is 0. The minimum absolute atomic E-state index is 0.0544. The Balaban J connectivity index is 1.88. The Morgan fingerprint density at radius 2 is 1.95 bits per heavy atom. The van der Waals surface area contributed by atoms with Crippen molar-refractivity contribution in [2.75, 3.05) is 0 Å². The van der Waals surface area contributed by atoms with E-state index in [9.17, 15) is 14.3 Å². The highest BCUT2D eigenvalue weighted by atomic mass is 19.1. The van der Waals surface area contributed by atoms with Crippen molar-refractivity contribution in [3.8, 4) is 5.75 Å². The standard InChI is InChI=1S/C18H12FNO2/c19-15-4-6-18(22)16(10-15)17(21)5-2-12-1-3-14-11-20-8-7-13(14)9-12/h1-11,22H/b5-2+. The number of carbonyl (C=O) groups excluding carboxylic acids is 1. The molecule has 0 spiro atoms. The maximum atomic E-state index is 13.2. The van der Waals surface area contributed by atoms with Gasteiger partial charge in [-0.1, -0.05) is 18.2 Å². The number of pyridine rings is 1. The summed E-state index contributed by atoms with van der Waals surface area (Å²) in [5.41, 5.74) is 0.782. The number of aromatic hydroxyl groups is 1. The Morgan fingerprint density at radius 1 is 1.09 bits per heavy atom. The second-order valence-corrected chi connectivity index (χ2v) is 4.84. The Kier molecular flexibility index (Phi) is 3.66. The summed E-state index contributed by atoms with van der Waals surface area (Å²) in [6.45, 7) is 0.